The van der Waals surface area contributed by atoms with Gasteiger partial charge in [-0.05, 0) is 38.0 Å². The van der Waals surface area contributed by atoms with Crippen molar-refractivity contribution in [3.8, 4) is 5.75 Å². The van der Waals surface area contributed by atoms with Crippen LogP contribution < -0.4 is 10.1 Å². The van der Waals surface area contributed by atoms with Gasteiger partial charge in [0.15, 0.2) is 6.10 Å². The predicted octanol–water partition coefficient (Wildman–Crippen LogP) is 3.18. The smallest absolute Gasteiger partial charge is 0.261 e. The number of aliphatic hydroxyl groups is 1. The van der Waals surface area contributed by atoms with Crippen molar-refractivity contribution < 1.29 is 14.6 Å². The highest BCUT2D eigenvalue weighted by molar-refractivity contribution is 6.35. The largest absolute Gasteiger partial charge is 0.479 e. The first kappa shape index (κ1) is 16.4. The van der Waals surface area contributed by atoms with Crippen molar-refractivity contribution in [2.75, 3.05) is 0 Å². The average molecular weight is 332 g/mol. The number of amides is 1. The number of carbonyl (C=O) groups is 1. The molecule has 0 aliphatic heterocycles. The molecule has 4 nitrogen and oxygen atoms in total. The van der Waals surface area contributed by atoms with Gasteiger partial charge in [0.25, 0.3) is 5.91 Å². The van der Waals surface area contributed by atoms with E-state index in [0.29, 0.717) is 15.8 Å². The van der Waals surface area contributed by atoms with Gasteiger partial charge in [-0.1, -0.05) is 36.0 Å². The number of ether oxygens (including phenoxy) is 1. The van der Waals surface area contributed by atoms with E-state index in [2.05, 4.69) is 5.32 Å². The van der Waals surface area contributed by atoms with Crippen LogP contribution in [0.4, 0.5) is 0 Å². The Morgan fingerprint density at radius 1 is 1.38 bits per heavy atom. The highest BCUT2D eigenvalue weighted by Gasteiger charge is 2.27. The molecule has 0 spiro atoms. The Morgan fingerprint density at radius 2 is 2.10 bits per heavy atom. The summed E-state index contributed by atoms with van der Waals surface area (Å²) in [5.74, 6) is 0.153. The maximum atomic E-state index is 12.1. The highest BCUT2D eigenvalue weighted by atomic mass is 35.5. The molecular weight excluding hydrogens is 313 g/mol. The molecule has 0 radical (unpaired) electrons. The Morgan fingerprint density at radius 3 is 2.76 bits per heavy atom. The highest BCUT2D eigenvalue weighted by Crippen LogP contribution is 2.28. The second-order valence-corrected chi connectivity index (χ2v) is 6.15. The molecule has 21 heavy (non-hydrogen) atoms. The van der Waals surface area contributed by atoms with Crippen molar-refractivity contribution in [1.29, 1.82) is 0 Å². The van der Waals surface area contributed by atoms with E-state index in [1.54, 1.807) is 25.1 Å². The van der Waals surface area contributed by atoms with Crippen LogP contribution in [0.1, 0.15) is 32.6 Å². The average Bonchev–Trinajstić information content (AvgIpc) is 2.44. The third-order valence-corrected chi connectivity index (χ3v) is 4.15. The van der Waals surface area contributed by atoms with Crippen molar-refractivity contribution in [1.82, 2.24) is 5.32 Å². The van der Waals surface area contributed by atoms with Crippen LogP contribution in [-0.4, -0.2) is 29.3 Å². The summed E-state index contributed by atoms with van der Waals surface area (Å²) in [6.45, 7) is 1.65. The quantitative estimate of drug-likeness (QED) is 0.890. The van der Waals surface area contributed by atoms with Crippen molar-refractivity contribution in [2.45, 2.75) is 50.9 Å². The summed E-state index contributed by atoms with van der Waals surface area (Å²) in [6, 6.07) is 4.65. The Kier molecular flexibility index (Phi) is 5.73. The van der Waals surface area contributed by atoms with Crippen LogP contribution in [0.5, 0.6) is 5.75 Å². The molecule has 0 saturated heterocycles. The van der Waals surface area contributed by atoms with Gasteiger partial charge in [0.05, 0.1) is 17.2 Å². The van der Waals surface area contributed by atoms with Crippen LogP contribution in [0.2, 0.25) is 10.0 Å². The monoisotopic (exact) mass is 331 g/mol. The number of rotatable bonds is 4. The molecule has 0 aromatic heterocycles. The van der Waals surface area contributed by atoms with Gasteiger partial charge in [-0.15, -0.1) is 0 Å². The van der Waals surface area contributed by atoms with Crippen molar-refractivity contribution in [3.63, 3.8) is 0 Å². The van der Waals surface area contributed by atoms with Crippen LogP contribution in [-0.2, 0) is 4.79 Å². The number of nitrogens with one attached hydrogen (secondary N) is 1. The van der Waals surface area contributed by atoms with Gasteiger partial charge in [-0.3, -0.25) is 4.79 Å². The fraction of sp³-hybridized carbons (Fsp3) is 0.533. The molecule has 116 valence electrons. The molecule has 2 rings (SSSR count). The molecule has 1 aliphatic carbocycles. The van der Waals surface area contributed by atoms with Gasteiger partial charge in [0.1, 0.15) is 5.75 Å². The first-order chi connectivity index (χ1) is 9.97. The third kappa shape index (κ3) is 4.50. The van der Waals surface area contributed by atoms with Gasteiger partial charge in [0.2, 0.25) is 0 Å². The topological polar surface area (TPSA) is 58.6 Å². The zero-order valence-corrected chi connectivity index (χ0v) is 13.3. The summed E-state index contributed by atoms with van der Waals surface area (Å²) in [5.41, 5.74) is 0. The minimum atomic E-state index is -0.696. The molecule has 1 fully saturated rings. The SMILES string of the molecule is CC(Oc1ccc(Cl)cc1Cl)C(=O)N[C@@H]1CCCC[C@H]1O. The van der Waals surface area contributed by atoms with E-state index in [0.717, 1.165) is 25.7 Å². The third-order valence-electron chi connectivity index (χ3n) is 3.62. The van der Waals surface area contributed by atoms with E-state index >= 15 is 0 Å². The molecule has 0 bridgehead atoms. The van der Waals surface area contributed by atoms with E-state index in [1.807, 2.05) is 0 Å². The molecule has 1 aromatic rings. The van der Waals surface area contributed by atoms with Gasteiger partial charge in [-0.2, -0.15) is 0 Å². The molecule has 1 aliphatic rings. The van der Waals surface area contributed by atoms with Crippen molar-refractivity contribution >= 4 is 29.1 Å². The Hall–Kier alpha value is -0.970. The maximum absolute atomic E-state index is 12.1. The van der Waals surface area contributed by atoms with Crippen LogP contribution in [0, 0.1) is 0 Å². The number of hydrogen-bond donors (Lipinski definition) is 2. The first-order valence-corrected chi connectivity index (χ1v) is 7.83. The predicted molar refractivity (Wildman–Crippen MR) is 83.0 cm³/mol. The summed E-state index contributed by atoms with van der Waals surface area (Å²) in [7, 11) is 0. The lowest BCUT2D eigenvalue weighted by atomic mass is 9.92. The van der Waals surface area contributed by atoms with Crippen LogP contribution in [0.3, 0.4) is 0 Å². The van der Waals surface area contributed by atoms with E-state index in [-0.39, 0.29) is 11.9 Å². The number of halogens is 2. The summed E-state index contributed by atoms with van der Waals surface area (Å²) in [4.78, 5) is 12.1. The second-order valence-electron chi connectivity index (χ2n) is 5.30. The van der Waals surface area contributed by atoms with Crippen LogP contribution in [0.15, 0.2) is 18.2 Å². The molecule has 1 amide bonds. The van der Waals surface area contributed by atoms with Gasteiger partial charge >= 0.3 is 0 Å². The van der Waals surface area contributed by atoms with Crippen LogP contribution in [0.25, 0.3) is 0 Å². The Bertz CT molecular complexity index is 510. The Balaban J connectivity index is 1.92. The molecule has 1 saturated carbocycles. The fourth-order valence-electron chi connectivity index (χ4n) is 2.39. The van der Waals surface area contributed by atoms with Gasteiger partial charge < -0.3 is 15.2 Å². The molecule has 0 heterocycles. The lowest BCUT2D eigenvalue weighted by molar-refractivity contribution is -0.129. The zero-order valence-electron chi connectivity index (χ0n) is 11.8. The lowest BCUT2D eigenvalue weighted by Gasteiger charge is -2.29. The minimum absolute atomic E-state index is 0.196. The lowest BCUT2D eigenvalue weighted by Crippen LogP contribution is -2.49. The molecule has 1 unspecified atom stereocenters. The number of hydrogen-bond acceptors (Lipinski definition) is 3. The summed E-state index contributed by atoms with van der Waals surface area (Å²) in [5, 5.41) is 13.6. The van der Waals surface area contributed by atoms with E-state index in [4.69, 9.17) is 27.9 Å². The normalized spacial score (nSPS) is 23.4. The molecule has 6 heteroatoms. The second kappa shape index (κ2) is 7.34. The molecule has 3 atom stereocenters. The fourth-order valence-corrected chi connectivity index (χ4v) is 2.85. The van der Waals surface area contributed by atoms with Gasteiger partial charge in [0, 0.05) is 5.02 Å². The summed E-state index contributed by atoms with van der Waals surface area (Å²) in [6.07, 6.45) is 2.36. The molecular formula is C15H19Cl2NO3. The van der Waals surface area contributed by atoms with Crippen molar-refractivity contribution in [2.24, 2.45) is 0 Å². The van der Waals surface area contributed by atoms with Gasteiger partial charge in [-0.25, -0.2) is 0 Å². The number of carbonyl (C=O) groups excluding carboxylic acids is 1. The Labute approximate surface area is 134 Å². The maximum Gasteiger partial charge on any atom is 0.261 e. The summed E-state index contributed by atoms with van der Waals surface area (Å²) < 4.78 is 5.55. The van der Waals surface area contributed by atoms with Crippen molar-refractivity contribution in [3.05, 3.63) is 28.2 Å². The number of aliphatic hydroxyl groups excluding tert-OH is 1. The minimum Gasteiger partial charge on any atom is -0.479 e. The first-order valence-electron chi connectivity index (χ1n) is 7.07. The molecule has 2 N–H and O–H groups in total. The number of benzene rings is 1. The van der Waals surface area contributed by atoms with E-state index < -0.39 is 12.2 Å². The summed E-state index contributed by atoms with van der Waals surface area (Å²) >= 11 is 11.8. The van der Waals surface area contributed by atoms with E-state index in [1.165, 1.54) is 0 Å². The molecule has 1 aromatic carbocycles. The standard InChI is InChI=1S/C15H19Cl2NO3/c1-9(21-14-7-6-10(16)8-11(14)17)15(20)18-12-4-2-3-5-13(12)19/h6-9,12-13,19H,2-5H2,1H3,(H,18,20)/t9?,12-,13-/m1/s1. The zero-order chi connectivity index (χ0) is 15.4. The van der Waals surface area contributed by atoms with E-state index in [9.17, 15) is 9.90 Å². The van der Waals surface area contributed by atoms with Crippen LogP contribution >= 0.6 is 23.2 Å².